The van der Waals surface area contributed by atoms with Crippen molar-refractivity contribution in [1.29, 1.82) is 0 Å². The van der Waals surface area contributed by atoms with E-state index in [1.165, 1.54) is 0 Å². The van der Waals surface area contributed by atoms with E-state index < -0.39 is 0 Å². The van der Waals surface area contributed by atoms with Gasteiger partial charge < -0.3 is 5.32 Å². The molecule has 0 saturated heterocycles. The maximum Gasteiger partial charge on any atom is 0.277 e. The first-order valence-electron chi connectivity index (χ1n) is 8.83. The van der Waals surface area contributed by atoms with Crippen molar-refractivity contribution in [3.05, 3.63) is 52.4 Å². The summed E-state index contributed by atoms with van der Waals surface area (Å²) >= 11 is 0. The molecule has 134 valence electrons. The Labute approximate surface area is 148 Å². The van der Waals surface area contributed by atoms with Crippen LogP contribution in [0.4, 0.5) is 0 Å². The predicted molar refractivity (Wildman–Crippen MR) is 99.1 cm³/mol. The maximum atomic E-state index is 12.7. The summed E-state index contributed by atoms with van der Waals surface area (Å²) in [4.78, 5) is 24.9. The molecule has 0 spiro atoms. The van der Waals surface area contributed by atoms with Gasteiger partial charge in [-0.15, -0.1) is 0 Å². The molecule has 1 aliphatic rings. The van der Waals surface area contributed by atoms with Crippen LogP contribution in [0.3, 0.4) is 0 Å². The average Bonchev–Trinajstić information content (AvgIpc) is 2.87. The number of benzene rings is 1. The molecule has 0 bridgehead atoms. The van der Waals surface area contributed by atoms with Crippen LogP contribution in [0.25, 0.3) is 5.69 Å². The molecule has 0 atom stereocenters. The Morgan fingerprint density at radius 3 is 2.32 bits per heavy atom. The molecule has 0 radical (unpaired) electrons. The first-order chi connectivity index (χ1) is 11.7. The number of rotatable bonds is 3. The Morgan fingerprint density at radius 1 is 1.12 bits per heavy atom. The Morgan fingerprint density at radius 2 is 1.72 bits per heavy atom. The number of H-pyrrole nitrogens is 1. The molecule has 2 aromatic rings. The van der Waals surface area contributed by atoms with Crippen LogP contribution in [0, 0.1) is 10.8 Å². The predicted octanol–water partition coefficient (Wildman–Crippen LogP) is 3.50. The Kier molecular flexibility index (Phi) is 4.35. The third-order valence-electron chi connectivity index (χ3n) is 4.89. The van der Waals surface area contributed by atoms with Crippen molar-refractivity contribution in [1.82, 2.24) is 15.1 Å². The molecule has 5 nitrogen and oxygen atoms in total. The smallest absolute Gasteiger partial charge is 0.277 e. The van der Waals surface area contributed by atoms with Gasteiger partial charge in [0.25, 0.3) is 11.5 Å². The lowest BCUT2D eigenvalue weighted by Gasteiger charge is -2.45. The van der Waals surface area contributed by atoms with Crippen molar-refractivity contribution in [2.24, 2.45) is 10.8 Å². The van der Waals surface area contributed by atoms with E-state index in [4.69, 9.17) is 0 Å². The first-order valence-corrected chi connectivity index (χ1v) is 8.83. The largest absolute Gasteiger partial charge is 0.349 e. The van der Waals surface area contributed by atoms with Crippen LogP contribution in [0.2, 0.25) is 0 Å². The molecule has 1 aromatic heterocycles. The molecule has 1 fully saturated rings. The van der Waals surface area contributed by atoms with Crippen molar-refractivity contribution >= 4 is 5.91 Å². The lowest BCUT2D eigenvalue weighted by atomic mass is 9.63. The zero-order chi connectivity index (χ0) is 18.2. The quantitative estimate of drug-likeness (QED) is 0.897. The van der Waals surface area contributed by atoms with Gasteiger partial charge in [0.2, 0.25) is 0 Å². The van der Waals surface area contributed by atoms with Crippen LogP contribution in [-0.2, 0) is 0 Å². The number of carbonyl (C=O) groups excluding carboxylic acids is 1. The topological polar surface area (TPSA) is 66.9 Å². The van der Waals surface area contributed by atoms with Gasteiger partial charge in [-0.1, -0.05) is 45.9 Å². The molecule has 1 saturated carbocycles. The van der Waals surface area contributed by atoms with Gasteiger partial charge in [-0.3, -0.25) is 19.4 Å². The number of aromatic amines is 1. The summed E-state index contributed by atoms with van der Waals surface area (Å²) in [5.41, 5.74) is 0.976. The zero-order valence-electron chi connectivity index (χ0n) is 15.4. The molecular weight excluding hydrogens is 314 g/mol. The molecule has 1 aliphatic carbocycles. The molecule has 2 N–H and O–H groups in total. The van der Waals surface area contributed by atoms with Crippen LogP contribution in [0.15, 0.2) is 41.3 Å². The number of amides is 1. The van der Waals surface area contributed by atoms with Gasteiger partial charge in [-0.25, -0.2) is 0 Å². The SMILES string of the molecule is CC1(C)CC(NC(=O)c2cn(-c3ccccc3)[nH]c2=O)CC(C)(C)C1. The highest BCUT2D eigenvalue weighted by atomic mass is 16.2. The van der Waals surface area contributed by atoms with E-state index in [9.17, 15) is 9.59 Å². The van der Waals surface area contributed by atoms with Crippen LogP contribution in [0.5, 0.6) is 0 Å². The molecule has 1 heterocycles. The van der Waals surface area contributed by atoms with Crippen molar-refractivity contribution in [2.75, 3.05) is 0 Å². The van der Waals surface area contributed by atoms with Gasteiger partial charge in [0.15, 0.2) is 0 Å². The number of nitrogens with zero attached hydrogens (tertiary/aromatic N) is 1. The summed E-state index contributed by atoms with van der Waals surface area (Å²) in [6, 6.07) is 9.53. The minimum atomic E-state index is -0.365. The molecule has 5 heteroatoms. The summed E-state index contributed by atoms with van der Waals surface area (Å²) in [5.74, 6) is -0.297. The standard InChI is InChI=1S/C20H27N3O2/c1-19(2)10-14(11-20(3,4)13-19)21-17(24)16-12-23(22-18(16)25)15-8-6-5-7-9-15/h5-9,12,14H,10-11,13H2,1-4H3,(H,21,24)(H,22,25). The van der Waals surface area contributed by atoms with Crippen molar-refractivity contribution in [3.8, 4) is 5.69 Å². The van der Waals surface area contributed by atoms with Crippen LogP contribution in [0.1, 0.15) is 57.3 Å². The second-order valence-electron chi connectivity index (χ2n) is 8.77. The Balaban J connectivity index is 1.78. The lowest BCUT2D eigenvalue weighted by Crippen LogP contribution is -2.46. The molecule has 0 aliphatic heterocycles. The molecular formula is C20H27N3O2. The summed E-state index contributed by atoms with van der Waals surface area (Å²) in [5, 5.41) is 5.79. The fraction of sp³-hybridized carbons (Fsp3) is 0.500. The van der Waals surface area contributed by atoms with E-state index in [-0.39, 0.29) is 33.9 Å². The second-order valence-corrected chi connectivity index (χ2v) is 8.77. The van der Waals surface area contributed by atoms with E-state index in [2.05, 4.69) is 38.1 Å². The van der Waals surface area contributed by atoms with E-state index in [0.717, 1.165) is 24.9 Å². The van der Waals surface area contributed by atoms with Gasteiger partial charge in [0, 0.05) is 12.2 Å². The highest BCUT2D eigenvalue weighted by Crippen LogP contribution is 2.45. The highest BCUT2D eigenvalue weighted by molar-refractivity contribution is 5.93. The summed E-state index contributed by atoms with van der Waals surface area (Å²) in [7, 11) is 0. The number of nitrogens with one attached hydrogen (secondary N) is 2. The van der Waals surface area contributed by atoms with Crippen molar-refractivity contribution in [2.45, 2.75) is 53.0 Å². The maximum absolute atomic E-state index is 12.7. The third-order valence-corrected chi connectivity index (χ3v) is 4.89. The first kappa shape index (κ1) is 17.5. The van der Waals surface area contributed by atoms with Gasteiger partial charge in [-0.05, 0) is 42.2 Å². The Hall–Kier alpha value is -2.30. The summed E-state index contributed by atoms with van der Waals surface area (Å²) < 4.78 is 1.59. The number of hydrogen-bond donors (Lipinski definition) is 2. The molecule has 1 amide bonds. The number of para-hydroxylation sites is 1. The monoisotopic (exact) mass is 341 g/mol. The summed E-state index contributed by atoms with van der Waals surface area (Å²) in [6.45, 7) is 8.97. The molecule has 25 heavy (non-hydrogen) atoms. The fourth-order valence-corrected chi connectivity index (χ4v) is 4.49. The number of hydrogen-bond acceptors (Lipinski definition) is 2. The van der Waals surface area contributed by atoms with E-state index in [1.54, 1.807) is 10.9 Å². The van der Waals surface area contributed by atoms with E-state index >= 15 is 0 Å². The third kappa shape index (κ3) is 4.03. The number of carbonyl (C=O) groups is 1. The molecule has 3 rings (SSSR count). The van der Waals surface area contributed by atoms with Crippen LogP contribution >= 0.6 is 0 Å². The average molecular weight is 341 g/mol. The van der Waals surface area contributed by atoms with Crippen LogP contribution < -0.4 is 10.9 Å². The van der Waals surface area contributed by atoms with Crippen molar-refractivity contribution in [3.63, 3.8) is 0 Å². The van der Waals surface area contributed by atoms with Crippen molar-refractivity contribution < 1.29 is 4.79 Å². The highest BCUT2D eigenvalue weighted by Gasteiger charge is 2.39. The molecule has 0 unspecified atom stereocenters. The van der Waals surface area contributed by atoms with Gasteiger partial charge >= 0.3 is 0 Å². The second kappa shape index (κ2) is 6.21. The van der Waals surface area contributed by atoms with Crippen LogP contribution in [-0.4, -0.2) is 21.7 Å². The minimum Gasteiger partial charge on any atom is -0.349 e. The normalized spacial score (nSPS) is 19.5. The van der Waals surface area contributed by atoms with E-state index in [1.807, 2.05) is 30.3 Å². The zero-order valence-corrected chi connectivity index (χ0v) is 15.4. The number of aromatic nitrogens is 2. The molecule has 1 aromatic carbocycles. The van der Waals surface area contributed by atoms with Gasteiger partial charge in [0.05, 0.1) is 5.69 Å². The summed E-state index contributed by atoms with van der Waals surface area (Å²) in [6.07, 6.45) is 4.57. The van der Waals surface area contributed by atoms with Gasteiger partial charge in [-0.2, -0.15) is 0 Å². The van der Waals surface area contributed by atoms with E-state index in [0.29, 0.717) is 0 Å². The Bertz CT molecular complexity index is 799. The lowest BCUT2D eigenvalue weighted by molar-refractivity contribution is 0.0713. The van der Waals surface area contributed by atoms with Gasteiger partial charge in [0.1, 0.15) is 5.56 Å². The minimum absolute atomic E-state index is 0.0886. The fourth-order valence-electron chi connectivity index (χ4n) is 4.49.